The number of nitrogens with zero attached hydrogens (tertiary/aromatic N) is 1. The molecule has 0 aliphatic carbocycles. The number of hydrogen-bond acceptors (Lipinski definition) is 5. The van der Waals surface area contributed by atoms with Gasteiger partial charge >= 0.3 is 0 Å². The average molecular weight is 441 g/mol. The SMILES string of the molecule is CON=Cc1ccc(COc2c(Cl)cc(OCC=C(Cl)Cl)cc2Cl)s1. The fourth-order valence-corrected chi connectivity index (χ4v) is 3.24. The van der Waals surface area contributed by atoms with Crippen LogP contribution in [0.25, 0.3) is 0 Å². The molecule has 1 aromatic carbocycles. The van der Waals surface area contributed by atoms with E-state index in [4.69, 9.17) is 55.9 Å². The van der Waals surface area contributed by atoms with Gasteiger partial charge in [-0.1, -0.05) is 51.6 Å². The van der Waals surface area contributed by atoms with Gasteiger partial charge in [0.1, 0.15) is 30.6 Å². The summed E-state index contributed by atoms with van der Waals surface area (Å²) in [6.45, 7) is 0.534. The molecule has 0 amide bonds. The van der Waals surface area contributed by atoms with E-state index in [9.17, 15) is 0 Å². The zero-order valence-electron chi connectivity index (χ0n) is 13.0. The largest absolute Gasteiger partial charge is 0.489 e. The molecule has 2 aromatic rings. The lowest BCUT2D eigenvalue weighted by molar-refractivity contribution is 0.215. The summed E-state index contributed by atoms with van der Waals surface area (Å²) in [6.07, 6.45) is 3.14. The van der Waals surface area contributed by atoms with E-state index in [1.54, 1.807) is 18.3 Å². The molecule has 4 nitrogen and oxygen atoms in total. The van der Waals surface area contributed by atoms with Gasteiger partial charge in [-0.2, -0.15) is 0 Å². The Kier molecular flexibility index (Phi) is 8.19. The van der Waals surface area contributed by atoms with Crippen LogP contribution >= 0.6 is 57.7 Å². The fourth-order valence-electron chi connectivity index (χ4n) is 1.75. The van der Waals surface area contributed by atoms with Crippen molar-refractivity contribution in [2.45, 2.75) is 6.61 Å². The Balaban J connectivity index is 2.01. The third kappa shape index (κ3) is 6.60. The van der Waals surface area contributed by atoms with Crippen molar-refractivity contribution in [3.8, 4) is 11.5 Å². The van der Waals surface area contributed by atoms with Crippen LogP contribution in [0.4, 0.5) is 0 Å². The van der Waals surface area contributed by atoms with Crippen LogP contribution in [0, 0.1) is 0 Å². The molecular formula is C16H13Cl4NO3S. The molecule has 0 atom stereocenters. The highest BCUT2D eigenvalue weighted by Crippen LogP contribution is 2.37. The Labute approximate surface area is 169 Å². The van der Waals surface area contributed by atoms with E-state index in [2.05, 4.69) is 9.99 Å². The molecule has 0 saturated heterocycles. The van der Waals surface area contributed by atoms with Crippen molar-refractivity contribution in [2.75, 3.05) is 13.7 Å². The molecule has 0 aliphatic rings. The van der Waals surface area contributed by atoms with Gasteiger partial charge < -0.3 is 14.3 Å². The molecule has 2 rings (SSSR count). The highest BCUT2D eigenvalue weighted by atomic mass is 35.5. The molecule has 9 heteroatoms. The van der Waals surface area contributed by atoms with Crippen LogP contribution in [0.1, 0.15) is 9.75 Å². The fraction of sp³-hybridized carbons (Fsp3) is 0.188. The van der Waals surface area contributed by atoms with Gasteiger partial charge in [-0.25, -0.2) is 0 Å². The maximum Gasteiger partial charge on any atom is 0.157 e. The van der Waals surface area contributed by atoms with Gasteiger partial charge in [-0.15, -0.1) is 11.3 Å². The lowest BCUT2D eigenvalue weighted by atomic mass is 10.3. The molecule has 134 valence electrons. The van der Waals surface area contributed by atoms with Crippen molar-refractivity contribution >= 4 is 64.0 Å². The van der Waals surface area contributed by atoms with Crippen molar-refractivity contribution in [3.63, 3.8) is 0 Å². The Morgan fingerprint density at radius 3 is 2.52 bits per heavy atom. The first kappa shape index (κ1) is 20.2. The molecule has 1 heterocycles. The minimum Gasteiger partial charge on any atom is -0.489 e. The van der Waals surface area contributed by atoms with Gasteiger partial charge in [-0.05, 0) is 18.2 Å². The van der Waals surface area contributed by atoms with Crippen LogP contribution < -0.4 is 9.47 Å². The molecule has 0 saturated carbocycles. The van der Waals surface area contributed by atoms with E-state index >= 15 is 0 Å². The normalized spacial score (nSPS) is 10.8. The number of ether oxygens (including phenoxy) is 2. The molecule has 0 unspecified atom stereocenters. The first-order valence-corrected chi connectivity index (χ1v) is 9.23. The van der Waals surface area contributed by atoms with E-state index < -0.39 is 0 Å². The minimum absolute atomic E-state index is 0.128. The molecule has 0 N–H and O–H groups in total. The second-order valence-corrected chi connectivity index (χ2v) is 7.55. The minimum atomic E-state index is 0.128. The summed E-state index contributed by atoms with van der Waals surface area (Å²) in [7, 11) is 1.49. The first-order valence-electron chi connectivity index (χ1n) is 6.90. The van der Waals surface area contributed by atoms with Gasteiger partial charge in [0.05, 0.1) is 16.3 Å². The third-order valence-corrected chi connectivity index (χ3v) is 4.65. The van der Waals surface area contributed by atoms with Gasteiger partial charge in [-0.3, -0.25) is 0 Å². The Hall–Kier alpha value is -1.11. The second kappa shape index (κ2) is 10.1. The molecule has 1 aromatic heterocycles. The van der Waals surface area contributed by atoms with Crippen molar-refractivity contribution in [3.05, 3.63) is 54.6 Å². The topological polar surface area (TPSA) is 40.0 Å². The van der Waals surface area contributed by atoms with Crippen LogP contribution in [0.2, 0.25) is 10.0 Å². The number of rotatable bonds is 8. The maximum absolute atomic E-state index is 6.22. The monoisotopic (exact) mass is 439 g/mol. The summed E-state index contributed by atoms with van der Waals surface area (Å²) in [5.74, 6) is 0.879. The molecule has 0 aliphatic heterocycles. The van der Waals surface area contributed by atoms with E-state index in [1.807, 2.05) is 12.1 Å². The van der Waals surface area contributed by atoms with Crippen LogP contribution in [0.3, 0.4) is 0 Å². The van der Waals surface area contributed by atoms with E-state index in [1.165, 1.54) is 24.5 Å². The van der Waals surface area contributed by atoms with Crippen molar-refractivity contribution in [2.24, 2.45) is 5.16 Å². The summed E-state index contributed by atoms with van der Waals surface area (Å²) >= 11 is 25.0. The Bertz CT molecular complexity index is 749. The van der Waals surface area contributed by atoms with Gasteiger partial charge in [0.25, 0.3) is 0 Å². The number of thiophene rings is 1. The Morgan fingerprint density at radius 2 is 1.88 bits per heavy atom. The highest BCUT2D eigenvalue weighted by molar-refractivity contribution is 7.13. The highest BCUT2D eigenvalue weighted by Gasteiger charge is 2.11. The smallest absolute Gasteiger partial charge is 0.157 e. The predicted octanol–water partition coefficient (Wildman–Crippen LogP) is 6.31. The lowest BCUT2D eigenvalue weighted by Gasteiger charge is -2.11. The van der Waals surface area contributed by atoms with Crippen molar-refractivity contribution in [1.82, 2.24) is 0 Å². The molecule has 0 fully saturated rings. The molecular weight excluding hydrogens is 428 g/mol. The lowest BCUT2D eigenvalue weighted by Crippen LogP contribution is -1.97. The average Bonchev–Trinajstić information content (AvgIpc) is 2.99. The maximum atomic E-state index is 6.22. The van der Waals surface area contributed by atoms with Crippen LogP contribution in [0.5, 0.6) is 11.5 Å². The molecule has 25 heavy (non-hydrogen) atoms. The number of oxime groups is 1. The number of hydrogen-bond donors (Lipinski definition) is 0. The summed E-state index contributed by atoms with van der Waals surface area (Å²) in [5, 5.41) is 4.41. The summed E-state index contributed by atoms with van der Waals surface area (Å²) in [6, 6.07) is 7.08. The Morgan fingerprint density at radius 1 is 1.16 bits per heavy atom. The van der Waals surface area contributed by atoms with Crippen LogP contribution in [-0.4, -0.2) is 19.9 Å². The molecule has 0 spiro atoms. The van der Waals surface area contributed by atoms with Crippen LogP contribution in [0.15, 0.2) is 40.0 Å². The quantitative estimate of drug-likeness (QED) is 0.356. The zero-order chi connectivity index (χ0) is 18.2. The third-order valence-electron chi connectivity index (χ3n) is 2.79. The second-order valence-electron chi connectivity index (χ2n) is 4.53. The van der Waals surface area contributed by atoms with E-state index in [-0.39, 0.29) is 11.1 Å². The summed E-state index contributed by atoms with van der Waals surface area (Å²) in [4.78, 5) is 6.59. The van der Waals surface area contributed by atoms with Gasteiger partial charge in [0.15, 0.2) is 5.75 Å². The van der Waals surface area contributed by atoms with Gasteiger partial charge in [0.2, 0.25) is 0 Å². The standard InChI is InChI=1S/C16H13Cl4NO3S/c1-22-21-8-11-2-3-12(25-11)9-24-16-13(17)6-10(7-14(16)18)23-5-4-15(19)20/h2-4,6-8H,5,9H2,1H3. The van der Waals surface area contributed by atoms with E-state index in [0.717, 1.165) is 9.75 Å². The number of halogens is 4. The van der Waals surface area contributed by atoms with Crippen LogP contribution in [-0.2, 0) is 11.4 Å². The van der Waals surface area contributed by atoms with E-state index in [0.29, 0.717) is 28.2 Å². The first-order chi connectivity index (χ1) is 12.0. The van der Waals surface area contributed by atoms with Crippen molar-refractivity contribution in [1.29, 1.82) is 0 Å². The summed E-state index contributed by atoms with van der Waals surface area (Å²) < 4.78 is 11.3. The molecule has 0 bridgehead atoms. The number of benzene rings is 1. The van der Waals surface area contributed by atoms with Crippen molar-refractivity contribution < 1.29 is 14.3 Å². The van der Waals surface area contributed by atoms with Gasteiger partial charge in [0, 0.05) is 21.9 Å². The summed E-state index contributed by atoms with van der Waals surface area (Å²) in [5.41, 5.74) is 0. The molecule has 0 radical (unpaired) electrons. The zero-order valence-corrected chi connectivity index (χ0v) is 16.8. The predicted molar refractivity (Wildman–Crippen MR) is 105 cm³/mol.